The molecule has 0 fully saturated rings. The van der Waals surface area contributed by atoms with Crippen molar-refractivity contribution in [3.8, 4) is 0 Å². The highest BCUT2D eigenvalue weighted by molar-refractivity contribution is 7.09. The molecule has 1 unspecified atom stereocenters. The van der Waals surface area contributed by atoms with Crippen molar-refractivity contribution in [2.45, 2.75) is 45.1 Å². The highest BCUT2D eigenvalue weighted by atomic mass is 32.1. The largest absolute Gasteiger partial charge is 0.480 e. The van der Waals surface area contributed by atoms with E-state index in [0.717, 1.165) is 12.8 Å². The van der Waals surface area contributed by atoms with Gasteiger partial charge in [-0.05, 0) is 48.9 Å². The fourth-order valence-electron chi connectivity index (χ4n) is 2.63. The van der Waals surface area contributed by atoms with E-state index < -0.39 is 17.9 Å². The predicted molar refractivity (Wildman–Crippen MR) is 106 cm³/mol. The number of carbonyl (C=O) groups is 3. The molecule has 6 nitrogen and oxygen atoms in total. The van der Waals surface area contributed by atoms with Crippen LogP contribution in [0, 0.1) is 0 Å². The number of amides is 2. The van der Waals surface area contributed by atoms with E-state index in [1.807, 2.05) is 24.4 Å². The summed E-state index contributed by atoms with van der Waals surface area (Å²) in [6, 6.07) is 9.63. The van der Waals surface area contributed by atoms with Crippen LogP contribution in [0.3, 0.4) is 0 Å². The van der Waals surface area contributed by atoms with Crippen molar-refractivity contribution in [1.82, 2.24) is 5.32 Å². The highest BCUT2D eigenvalue weighted by Crippen LogP contribution is 2.14. The summed E-state index contributed by atoms with van der Waals surface area (Å²) in [6.07, 6.45) is 3.03. The Labute approximate surface area is 162 Å². The lowest BCUT2D eigenvalue weighted by molar-refractivity contribution is -0.139. The summed E-state index contributed by atoms with van der Waals surface area (Å²) >= 11 is 1.68. The Hall–Kier alpha value is -2.67. The molecule has 0 saturated heterocycles. The van der Waals surface area contributed by atoms with Gasteiger partial charge >= 0.3 is 5.97 Å². The minimum atomic E-state index is -1.06. The standard InChI is InChI=1S/C20H24N2O4S/c1-2-6-17(20(25)26)22-19(24)14-7-3-8-15(13-14)21-18(23)11-4-9-16-10-5-12-27-16/h3,5,7-8,10,12-13,17H,2,4,6,9,11H2,1H3,(H,21,23)(H,22,24)(H,25,26). The normalized spacial score (nSPS) is 11.6. The maximum Gasteiger partial charge on any atom is 0.326 e. The number of carboxylic acids is 1. The zero-order valence-electron chi connectivity index (χ0n) is 15.2. The first-order chi connectivity index (χ1) is 13.0. The van der Waals surface area contributed by atoms with Gasteiger partial charge in [-0.1, -0.05) is 25.5 Å². The van der Waals surface area contributed by atoms with Gasteiger partial charge in [-0.15, -0.1) is 11.3 Å². The first-order valence-electron chi connectivity index (χ1n) is 8.95. The van der Waals surface area contributed by atoms with Crippen LogP contribution in [0.5, 0.6) is 0 Å². The zero-order valence-corrected chi connectivity index (χ0v) is 16.1. The van der Waals surface area contributed by atoms with E-state index in [4.69, 9.17) is 5.11 Å². The first kappa shape index (κ1) is 20.6. The van der Waals surface area contributed by atoms with Crippen molar-refractivity contribution >= 4 is 34.8 Å². The summed E-state index contributed by atoms with van der Waals surface area (Å²) < 4.78 is 0. The number of benzene rings is 1. The third-order valence-electron chi connectivity index (χ3n) is 4.00. The fraction of sp³-hybridized carbons (Fsp3) is 0.350. The van der Waals surface area contributed by atoms with Gasteiger partial charge in [0.15, 0.2) is 0 Å². The lowest BCUT2D eigenvalue weighted by Gasteiger charge is -2.14. The van der Waals surface area contributed by atoms with Crippen molar-refractivity contribution in [1.29, 1.82) is 0 Å². The summed E-state index contributed by atoms with van der Waals surface area (Å²) in [5.41, 5.74) is 0.833. The van der Waals surface area contributed by atoms with Gasteiger partial charge in [0.05, 0.1) is 0 Å². The molecule has 1 aromatic carbocycles. The fourth-order valence-corrected chi connectivity index (χ4v) is 3.38. The molecule has 2 aromatic rings. The second kappa shape index (κ2) is 10.5. The second-order valence-corrected chi connectivity index (χ2v) is 7.25. The van der Waals surface area contributed by atoms with Crippen molar-refractivity contribution in [2.75, 3.05) is 5.32 Å². The topological polar surface area (TPSA) is 95.5 Å². The van der Waals surface area contributed by atoms with E-state index in [1.165, 1.54) is 4.88 Å². The van der Waals surface area contributed by atoms with Crippen LogP contribution in [0.25, 0.3) is 0 Å². The average Bonchev–Trinajstić information content (AvgIpc) is 3.14. The van der Waals surface area contributed by atoms with Crippen LogP contribution in [0.2, 0.25) is 0 Å². The van der Waals surface area contributed by atoms with E-state index in [2.05, 4.69) is 10.6 Å². The van der Waals surface area contributed by atoms with E-state index in [0.29, 0.717) is 30.5 Å². The molecule has 0 bridgehead atoms. The zero-order chi connectivity index (χ0) is 19.6. The van der Waals surface area contributed by atoms with E-state index in [1.54, 1.807) is 35.6 Å². The predicted octanol–water partition coefficient (Wildman–Crippen LogP) is 3.69. The molecule has 0 aliphatic carbocycles. The number of hydrogen-bond donors (Lipinski definition) is 3. The van der Waals surface area contributed by atoms with E-state index >= 15 is 0 Å². The first-order valence-corrected chi connectivity index (χ1v) is 9.83. The Bertz CT molecular complexity index is 774. The Morgan fingerprint density at radius 3 is 2.67 bits per heavy atom. The number of hydrogen-bond acceptors (Lipinski definition) is 4. The summed E-state index contributed by atoms with van der Waals surface area (Å²) in [4.78, 5) is 36.8. The van der Waals surface area contributed by atoms with Gasteiger partial charge in [0.2, 0.25) is 5.91 Å². The molecule has 1 aromatic heterocycles. The number of anilines is 1. The van der Waals surface area contributed by atoms with E-state index in [-0.39, 0.29) is 5.91 Å². The number of carbonyl (C=O) groups excluding carboxylic acids is 2. The molecule has 27 heavy (non-hydrogen) atoms. The van der Waals surface area contributed by atoms with Gasteiger partial charge in [-0.25, -0.2) is 4.79 Å². The quantitative estimate of drug-likeness (QED) is 0.578. The van der Waals surface area contributed by atoms with Crippen LogP contribution in [0.15, 0.2) is 41.8 Å². The molecule has 0 radical (unpaired) electrons. The molecule has 1 heterocycles. The number of rotatable bonds is 10. The van der Waals surface area contributed by atoms with Crippen LogP contribution in [-0.2, 0) is 16.0 Å². The van der Waals surface area contributed by atoms with Crippen molar-refractivity contribution < 1.29 is 19.5 Å². The number of thiophene rings is 1. The molecule has 144 valence electrons. The molecular formula is C20H24N2O4S. The van der Waals surface area contributed by atoms with Gasteiger partial charge in [-0.2, -0.15) is 0 Å². The van der Waals surface area contributed by atoms with Crippen molar-refractivity contribution in [2.24, 2.45) is 0 Å². The molecule has 0 aliphatic rings. The molecule has 0 saturated carbocycles. The van der Waals surface area contributed by atoms with E-state index in [9.17, 15) is 14.4 Å². The molecular weight excluding hydrogens is 364 g/mol. The third-order valence-corrected chi connectivity index (χ3v) is 4.93. The summed E-state index contributed by atoms with van der Waals surface area (Å²) in [6.45, 7) is 1.86. The summed E-state index contributed by atoms with van der Waals surface area (Å²) in [5.74, 6) is -1.64. The second-order valence-electron chi connectivity index (χ2n) is 6.21. The van der Waals surface area contributed by atoms with Crippen molar-refractivity contribution in [3.63, 3.8) is 0 Å². The smallest absolute Gasteiger partial charge is 0.326 e. The van der Waals surface area contributed by atoms with Crippen LogP contribution < -0.4 is 10.6 Å². The lowest BCUT2D eigenvalue weighted by Crippen LogP contribution is -2.40. The Morgan fingerprint density at radius 1 is 1.19 bits per heavy atom. The van der Waals surface area contributed by atoms with Crippen LogP contribution in [-0.4, -0.2) is 28.9 Å². The number of carboxylic acid groups (broad SMARTS) is 1. The summed E-state index contributed by atoms with van der Waals surface area (Å²) in [7, 11) is 0. The maximum absolute atomic E-state index is 12.3. The maximum atomic E-state index is 12.3. The van der Waals surface area contributed by atoms with Gasteiger partial charge in [0.25, 0.3) is 5.91 Å². The molecule has 2 amide bonds. The molecule has 0 spiro atoms. The third kappa shape index (κ3) is 6.86. The van der Waals surface area contributed by atoms with Crippen LogP contribution >= 0.6 is 11.3 Å². The molecule has 1 atom stereocenters. The summed E-state index contributed by atoms with van der Waals surface area (Å²) in [5, 5.41) is 16.5. The minimum absolute atomic E-state index is 0.112. The number of aryl methyl sites for hydroxylation is 1. The molecule has 3 N–H and O–H groups in total. The monoisotopic (exact) mass is 388 g/mol. The average molecular weight is 388 g/mol. The highest BCUT2D eigenvalue weighted by Gasteiger charge is 2.19. The lowest BCUT2D eigenvalue weighted by atomic mass is 10.1. The van der Waals surface area contributed by atoms with Crippen LogP contribution in [0.1, 0.15) is 47.8 Å². The Kier molecular flexibility index (Phi) is 8.00. The number of aliphatic carboxylic acids is 1. The van der Waals surface area contributed by atoms with Gasteiger partial charge in [0.1, 0.15) is 6.04 Å². The van der Waals surface area contributed by atoms with Crippen LogP contribution in [0.4, 0.5) is 5.69 Å². The molecule has 2 rings (SSSR count). The van der Waals surface area contributed by atoms with Crippen molar-refractivity contribution in [3.05, 3.63) is 52.2 Å². The SMILES string of the molecule is CCCC(NC(=O)c1cccc(NC(=O)CCCc2cccs2)c1)C(=O)O. The van der Waals surface area contributed by atoms with Gasteiger partial charge in [-0.3, -0.25) is 9.59 Å². The number of nitrogens with one attached hydrogen (secondary N) is 2. The molecule has 0 aliphatic heterocycles. The van der Waals surface area contributed by atoms with Gasteiger partial charge in [0, 0.05) is 22.5 Å². The molecule has 7 heteroatoms. The minimum Gasteiger partial charge on any atom is -0.480 e. The van der Waals surface area contributed by atoms with Gasteiger partial charge < -0.3 is 15.7 Å². The Balaban J connectivity index is 1.88. The Morgan fingerprint density at radius 2 is 2.00 bits per heavy atom.